The Morgan fingerprint density at radius 1 is 1.22 bits per heavy atom. The molecule has 0 aromatic carbocycles. The predicted octanol–water partition coefficient (Wildman–Crippen LogP) is 1.19. The van der Waals surface area contributed by atoms with Crippen LogP contribution in [0.3, 0.4) is 0 Å². The average Bonchev–Trinajstić information content (AvgIpc) is 2.69. The van der Waals surface area contributed by atoms with Crippen molar-refractivity contribution in [2.45, 2.75) is 29.8 Å². The van der Waals surface area contributed by atoms with E-state index in [4.69, 9.17) is 9.72 Å². The van der Waals surface area contributed by atoms with Gasteiger partial charge in [0.25, 0.3) is 0 Å². The van der Waals surface area contributed by atoms with Crippen LogP contribution in [-0.4, -0.2) is 61.5 Å². The lowest BCUT2D eigenvalue weighted by atomic mass is 9.84. The Morgan fingerprint density at radius 3 is 2.67 bits per heavy atom. The second kappa shape index (κ2) is 6.81. The molecule has 1 spiro atoms. The van der Waals surface area contributed by atoms with Gasteiger partial charge < -0.3 is 9.64 Å². The summed E-state index contributed by atoms with van der Waals surface area (Å²) in [5.41, 5.74) is 1.46. The first-order valence-corrected chi connectivity index (χ1v) is 10.4. The molecular formula is C18H23N5O3S. The second-order valence-electron chi connectivity index (χ2n) is 7.12. The third-order valence-electron chi connectivity index (χ3n) is 5.24. The summed E-state index contributed by atoms with van der Waals surface area (Å²) in [6, 6.07) is 3.22. The van der Waals surface area contributed by atoms with Crippen LogP contribution in [-0.2, 0) is 26.8 Å². The molecule has 0 bridgehead atoms. The van der Waals surface area contributed by atoms with E-state index in [1.54, 1.807) is 18.3 Å². The number of aromatic nitrogens is 3. The smallest absolute Gasteiger partial charge is 0.244 e. The van der Waals surface area contributed by atoms with Crippen molar-refractivity contribution in [3.63, 3.8) is 0 Å². The number of pyridine rings is 1. The molecule has 0 unspecified atom stereocenters. The minimum absolute atomic E-state index is 0.225. The number of rotatable bonds is 3. The van der Waals surface area contributed by atoms with Gasteiger partial charge >= 0.3 is 0 Å². The van der Waals surface area contributed by atoms with Crippen LogP contribution >= 0.6 is 0 Å². The van der Waals surface area contributed by atoms with Crippen molar-refractivity contribution >= 4 is 16.0 Å². The van der Waals surface area contributed by atoms with Crippen molar-refractivity contribution in [2.75, 3.05) is 38.7 Å². The summed E-state index contributed by atoms with van der Waals surface area (Å²) in [7, 11) is 0.266. The van der Waals surface area contributed by atoms with Crippen LogP contribution in [0.5, 0.6) is 0 Å². The summed E-state index contributed by atoms with van der Waals surface area (Å²) < 4.78 is 33.4. The van der Waals surface area contributed by atoms with E-state index in [1.807, 2.05) is 25.2 Å². The lowest BCUT2D eigenvalue weighted by Crippen LogP contribution is -2.49. The van der Waals surface area contributed by atoms with Gasteiger partial charge in [-0.2, -0.15) is 4.31 Å². The molecule has 0 amide bonds. The zero-order chi connectivity index (χ0) is 19.1. The van der Waals surface area contributed by atoms with E-state index < -0.39 is 15.6 Å². The lowest BCUT2D eigenvalue weighted by Gasteiger charge is -2.43. The number of hydrogen-bond acceptors (Lipinski definition) is 7. The summed E-state index contributed by atoms with van der Waals surface area (Å²) >= 11 is 0. The van der Waals surface area contributed by atoms with Gasteiger partial charge in [-0.15, -0.1) is 0 Å². The number of hydrogen-bond donors (Lipinski definition) is 0. The van der Waals surface area contributed by atoms with Crippen molar-refractivity contribution < 1.29 is 13.2 Å². The van der Waals surface area contributed by atoms with Crippen molar-refractivity contribution in [1.82, 2.24) is 19.3 Å². The Labute approximate surface area is 159 Å². The Kier molecular flexibility index (Phi) is 4.61. The van der Waals surface area contributed by atoms with Crippen LogP contribution in [0.4, 0.5) is 5.95 Å². The molecule has 8 nitrogen and oxygen atoms in total. The molecule has 9 heteroatoms. The van der Waals surface area contributed by atoms with Gasteiger partial charge in [0, 0.05) is 45.8 Å². The van der Waals surface area contributed by atoms with E-state index in [0.29, 0.717) is 38.5 Å². The molecule has 0 N–H and O–H groups in total. The largest absolute Gasteiger partial charge is 0.368 e. The van der Waals surface area contributed by atoms with E-state index in [2.05, 4.69) is 9.97 Å². The maximum Gasteiger partial charge on any atom is 0.244 e. The molecule has 0 atom stereocenters. The minimum Gasteiger partial charge on any atom is -0.368 e. The fraction of sp³-hybridized carbons (Fsp3) is 0.500. The van der Waals surface area contributed by atoms with Gasteiger partial charge in [-0.3, -0.25) is 4.98 Å². The zero-order valence-corrected chi connectivity index (χ0v) is 16.3. The molecule has 2 aromatic heterocycles. The SMILES string of the molecule is CN(C)c1ncc2c(n1)C1(CCN(S(=O)(=O)c3cccnc3)CC1)OCC2. The van der Waals surface area contributed by atoms with E-state index in [1.165, 1.54) is 10.5 Å². The summed E-state index contributed by atoms with van der Waals surface area (Å²) in [6.45, 7) is 1.38. The summed E-state index contributed by atoms with van der Waals surface area (Å²) in [5, 5.41) is 0. The van der Waals surface area contributed by atoms with Gasteiger partial charge in [-0.1, -0.05) is 0 Å². The highest BCUT2D eigenvalue weighted by molar-refractivity contribution is 7.89. The topological polar surface area (TPSA) is 88.5 Å². The molecule has 4 rings (SSSR count). The first-order chi connectivity index (χ1) is 12.9. The Balaban J connectivity index is 1.60. The molecule has 0 radical (unpaired) electrons. The maximum atomic E-state index is 12.9. The highest BCUT2D eigenvalue weighted by Crippen LogP contribution is 2.41. The lowest BCUT2D eigenvalue weighted by molar-refractivity contribution is -0.0925. The number of piperidine rings is 1. The highest BCUT2D eigenvalue weighted by atomic mass is 32.2. The van der Waals surface area contributed by atoms with Crippen molar-refractivity contribution in [3.05, 3.63) is 42.0 Å². The Morgan fingerprint density at radius 2 is 2.00 bits per heavy atom. The number of nitrogens with zero attached hydrogens (tertiary/aromatic N) is 5. The fourth-order valence-corrected chi connectivity index (χ4v) is 5.14. The van der Waals surface area contributed by atoms with Gasteiger partial charge in [-0.25, -0.2) is 18.4 Å². The van der Waals surface area contributed by atoms with Crippen molar-refractivity contribution in [3.8, 4) is 0 Å². The third-order valence-corrected chi connectivity index (χ3v) is 7.12. The number of ether oxygens (including phenoxy) is 1. The number of sulfonamides is 1. The van der Waals surface area contributed by atoms with E-state index in [9.17, 15) is 8.42 Å². The molecule has 1 saturated heterocycles. The molecule has 4 heterocycles. The van der Waals surface area contributed by atoms with Crippen LogP contribution < -0.4 is 4.90 Å². The monoisotopic (exact) mass is 389 g/mol. The molecule has 27 heavy (non-hydrogen) atoms. The molecular weight excluding hydrogens is 366 g/mol. The fourth-order valence-electron chi connectivity index (χ4n) is 3.73. The quantitative estimate of drug-likeness (QED) is 0.779. The van der Waals surface area contributed by atoms with Crippen LogP contribution in [0, 0.1) is 0 Å². The van der Waals surface area contributed by atoms with Crippen LogP contribution in [0.25, 0.3) is 0 Å². The zero-order valence-electron chi connectivity index (χ0n) is 15.5. The van der Waals surface area contributed by atoms with Crippen molar-refractivity contribution in [2.24, 2.45) is 0 Å². The molecule has 2 aromatic rings. The first kappa shape index (κ1) is 18.3. The average molecular weight is 389 g/mol. The Hall–Kier alpha value is -2.10. The summed E-state index contributed by atoms with van der Waals surface area (Å²) in [6.07, 6.45) is 6.76. The summed E-state index contributed by atoms with van der Waals surface area (Å²) in [5.74, 6) is 0.643. The van der Waals surface area contributed by atoms with E-state index >= 15 is 0 Å². The molecule has 0 saturated carbocycles. The standard InChI is InChI=1S/C18H23N5O3S/c1-22(2)17-20-12-14-5-11-26-18(16(14)21-17)6-9-23(10-7-18)27(24,25)15-4-3-8-19-13-15/h3-4,8,12-13H,5-7,9-11H2,1-2H3. The highest BCUT2D eigenvalue weighted by Gasteiger charge is 2.45. The van der Waals surface area contributed by atoms with Crippen LogP contribution in [0.2, 0.25) is 0 Å². The number of fused-ring (bicyclic) bond motifs is 2. The van der Waals surface area contributed by atoms with E-state index in [0.717, 1.165) is 17.7 Å². The predicted molar refractivity (Wildman–Crippen MR) is 99.9 cm³/mol. The third kappa shape index (κ3) is 3.19. The van der Waals surface area contributed by atoms with Crippen LogP contribution in [0.15, 0.2) is 35.6 Å². The van der Waals surface area contributed by atoms with Gasteiger partial charge in [0.05, 0.1) is 12.3 Å². The molecule has 144 valence electrons. The van der Waals surface area contributed by atoms with Crippen molar-refractivity contribution in [1.29, 1.82) is 0 Å². The number of anilines is 1. The first-order valence-electron chi connectivity index (χ1n) is 9.00. The van der Waals surface area contributed by atoms with Gasteiger partial charge in [0.2, 0.25) is 16.0 Å². The van der Waals surface area contributed by atoms with Gasteiger partial charge in [0.1, 0.15) is 10.5 Å². The Bertz CT molecular complexity index is 925. The normalized spacial score (nSPS) is 19.6. The summed E-state index contributed by atoms with van der Waals surface area (Å²) in [4.78, 5) is 15.2. The molecule has 1 fully saturated rings. The molecule has 0 aliphatic carbocycles. The van der Waals surface area contributed by atoms with Gasteiger partial charge in [0.15, 0.2) is 0 Å². The minimum atomic E-state index is -3.54. The molecule has 2 aliphatic heterocycles. The van der Waals surface area contributed by atoms with Crippen LogP contribution in [0.1, 0.15) is 24.1 Å². The van der Waals surface area contributed by atoms with Gasteiger partial charge in [-0.05, 0) is 37.0 Å². The maximum absolute atomic E-state index is 12.9. The second-order valence-corrected chi connectivity index (χ2v) is 9.06. The molecule has 2 aliphatic rings. The van der Waals surface area contributed by atoms with E-state index in [-0.39, 0.29) is 4.90 Å².